The lowest BCUT2D eigenvalue weighted by atomic mass is 10.1. The summed E-state index contributed by atoms with van der Waals surface area (Å²) in [6, 6.07) is 8.67. The number of hydrogen-bond acceptors (Lipinski definition) is 2. The summed E-state index contributed by atoms with van der Waals surface area (Å²) in [6.07, 6.45) is -9.57. The van der Waals surface area contributed by atoms with E-state index in [2.05, 4.69) is 4.98 Å². The summed E-state index contributed by atoms with van der Waals surface area (Å²) >= 11 is 0. The molecule has 0 radical (unpaired) electrons. The standard InChI is InChI=1S/C16H8F6N2O/c17-15(18,19)10-6-7-11-23-13(9-4-2-1-3-5-9)12(16(20,21)22)14(25)24(11)8-10/h1-8H. The molecule has 0 fully saturated rings. The van der Waals surface area contributed by atoms with Crippen molar-refractivity contribution in [2.24, 2.45) is 0 Å². The first-order valence-electron chi connectivity index (χ1n) is 6.85. The highest BCUT2D eigenvalue weighted by atomic mass is 19.4. The Labute approximate surface area is 136 Å². The van der Waals surface area contributed by atoms with E-state index in [0.717, 1.165) is 6.07 Å². The van der Waals surface area contributed by atoms with Crippen molar-refractivity contribution >= 4 is 5.65 Å². The number of nitrogens with zero attached hydrogens (tertiary/aromatic N) is 2. The van der Waals surface area contributed by atoms with E-state index in [1.54, 1.807) is 6.07 Å². The molecule has 3 rings (SSSR count). The van der Waals surface area contributed by atoms with Gasteiger partial charge >= 0.3 is 12.4 Å². The molecule has 0 bridgehead atoms. The number of rotatable bonds is 1. The molecule has 0 atom stereocenters. The van der Waals surface area contributed by atoms with Crippen molar-refractivity contribution in [2.75, 3.05) is 0 Å². The highest BCUT2D eigenvalue weighted by Gasteiger charge is 2.39. The Bertz CT molecular complexity index is 990. The predicted octanol–water partition coefficient (Wildman–Crippen LogP) is 4.40. The molecule has 0 aliphatic rings. The molecule has 25 heavy (non-hydrogen) atoms. The molecule has 0 saturated heterocycles. The zero-order valence-electron chi connectivity index (χ0n) is 12.2. The summed E-state index contributed by atoms with van der Waals surface area (Å²) < 4.78 is 78.7. The van der Waals surface area contributed by atoms with Crippen LogP contribution in [-0.2, 0) is 12.4 Å². The van der Waals surface area contributed by atoms with Gasteiger partial charge in [0, 0.05) is 11.8 Å². The van der Waals surface area contributed by atoms with E-state index in [4.69, 9.17) is 0 Å². The van der Waals surface area contributed by atoms with E-state index in [1.165, 1.54) is 24.3 Å². The van der Waals surface area contributed by atoms with Crippen LogP contribution in [0.15, 0.2) is 53.5 Å². The Balaban J connectivity index is 2.41. The van der Waals surface area contributed by atoms with Gasteiger partial charge in [0.25, 0.3) is 5.56 Å². The minimum absolute atomic E-state index is 0.0364. The maximum atomic E-state index is 13.4. The molecular weight excluding hydrogens is 350 g/mol. The molecule has 0 spiro atoms. The van der Waals surface area contributed by atoms with E-state index in [0.29, 0.717) is 12.3 Å². The Hall–Kier alpha value is -2.84. The molecule has 2 aromatic heterocycles. The second kappa shape index (κ2) is 5.61. The number of halogens is 6. The molecule has 0 N–H and O–H groups in total. The van der Waals surface area contributed by atoms with Gasteiger partial charge in [-0.15, -0.1) is 0 Å². The maximum Gasteiger partial charge on any atom is 0.423 e. The fourth-order valence-corrected chi connectivity index (χ4v) is 2.37. The molecule has 1 aromatic carbocycles. The lowest BCUT2D eigenvalue weighted by Gasteiger charge is -2.14. The van der Waals surface area contributed by atoms with E-state index >= 15 is 0 Å². The van der Waals surface area contributed by atoms with Gasteiger partial charge in [-0.2, -0.15) is 26.3 Å². The molecule has 9 heteroatoms. The van der Waals surface area contributed by atoms with Crippen molar-refractivity contribution in [3.05, 3.63) is 70.1 Å². The molecule has 2 heterocycles. The normalized spacial score (nSPS) is 12.6. The monoisotopic (exact) mass is 358 g/mol. The van der Waals surface area contributed by atoms with Crippen molar-refractivity contribution in [1.82, 2.24) is 9.38 Å². The number of aromatic nitrogens is 2. The first kappa shape index (κ1) is 17.0. The molecule has 0 aliphatic carbocycles. The van der Waals surface area contributed by atoms with E-state index < -0.39 is 34.7 Å². The van der Waals surface area contributed by atoms with Gasteiger partial charge in [0.15, 0.2) is 0 Å². The van der Waals surface area contributed by atoms with Gasteiger partial charge in [-0.05, 0) is 12.1 Å². The molecule has 0 amide bonds. The second-order valence-corrected chi connectivity index (χ2v) is 5.15. The Morgan fingerprint density at radius 3 is 2.04 bits per heavy atom. The average Bonchev–Trinajstić information content (AvgIpc) is 2.53. The van der Waals surface area contributed by atoms with Gasteiger partial charge in [0.2, 0.25) is 0 Å². The van der Waals surface area contributed by atoms with Crippen molar-refractivity contribution < 1.29 is 26.3 Å². The number of benzene rings is 1. The molecule has 0 saturated carbocycles. The minimum Gasteiger partial charge on any atom is -0.268 e. The smallest absolute Gasteiger partial charge is 0.268 e. The predicted molar refractivity (Wildman–Crippen MR) is 76.9 cm³/mol. The van der Waals surface area contributed by atoms with Crippen LogP contribution in [0.25, 0.3) is 16.9 Å². The van der Waals surface area contributed by atoms with Gasteiger partial charge in [0.05, 0.1) is 11.3 Å². The topological polar surface area (TPSA) is 34.4 Å². The van der Waals surface area contributed by atoms with E-state index in [9.17, 15) is 31.1 Å². The van der Waals surface area contributed by atoms with Crippen LogP contribution in [0.4, 0.5) is 26.3 Å². The van der Waals surface area contributed by atoms with Crippen LogP contribution >= 0.6 is 0 Å². The third kappa shape index (κ3) is 3.09. The van der Waals surface area contributed by atoms with Gasteiger partial charge < -0.3 is 0 Å². The van der Waals surface area contributed by atoms with Crippen molar-refractivity contribution in [3.63, 3.8) is 0 Å². The van der Waals surface area contributed by atoms with Gasteiger partial charge in [0.1, 0.15) is 11.2 Å². The SMILES string of the molecule is O=c1c(C(F)(F)F)c(-c2ccccc2)nc2ccc(C(F)(F)F)cn12. The van der Waals surface area contributed by atoms with Gasteiger partial charge in [-0.3, -0.25) is 9.20 Å². The lowest BCUT2D eigenvalue weighted by Crippen LogP contribution is -2.28. The zero-order chi connectivity index (χ0) is 18.4. The summed E-state index contributed by atoms with van der Waals surface area (Å²) in [7, 11) is 0. The van der Waals surface area contributed by atoms with E-state index in [-0.39, 0.29) is 15.6 Å². The summed E-state index contributed by atoms with van der Waals surface area (Å²) in [5, 5.41) is 0. The summed E-state index contributed by atoms with van der Waals surface area (Å²) in [4.78, 5) is 16.1. The fourth-order valence-electron chi connectivity index (χ4n) is 2.37. The summed E-state index contributed by atoms with van der Waals surface area (Å²) in [5.74, 6) is 0. The summed E-state index contributed by atoms with van der Waals surface area (Å²) in [6.45, 7) is 0. The number of fused-ring (bicyclic) bond motifs is 1. The quantitative estimate of drug-likeness (QED) is 0.605. The molecule has 3 nitrogen and oxygen atoms in total. The van der Waals surface area contributed by atoms with Crippen LogP contribution in [0.3, 0.4) is 0 Å². The van der Waals surface area contributed by atoms with Gasteiger partial charge in [-0.1, -0.05) is 30.3 Å². The summed E-state index contributed by atoms with van der Waals surface area (Å²) in [5.41, 5.74) is -5.38. The van der Waals surface area contributed by atoms with Crippen molar-refractivity contribution in [1.29, 1.82) is 0 Å². The van der Waals surface area contributed by atoms with Crippen molar-refractivity contribution in [3.8, 4) is 11.3 Å². The van der Waals surface area contributed by atoms with Crippen LogP contribution in [0.1, 0.15) is 11.1 Å². The molecule has 0 aliphatic heterocycles. The Kier molecular flexibility index (Phi) is 3.81. The zero-order valence-corrected chi connectivity index (χ0v) is 12.2. The molecule has 130 valence electrons. The minimum atomic E-state index is -5.08. The van der Waals surface area contributed by atoms with Crippen LogP contribution < -0.4 is 5.56 Å². The third-order valence-electron chi connectivity index (χ3n) is 3.48. The second-order valence-electron chi connectivity index (χ2n) is 5.15. The first-order valence-corrected chi connectivity index (χ1v) is 6.85. The highest BCUT2D eigenvalue weighted by Crippen LogP contribution is 2.34. The number of pyridine rings is 1. The number of alkyl halides is 6. The largest absolute Gasteiger partial charge is 0.423 e. The third-order valence-corrected chi connectivity index (χ3v) is 3.48. The van der Waals surface area contributed by atoms with Crippen LogP contribution in [0.2, 0.25) is 0 Å². The van der Waals surface area contributed by atoms with Crippen LogP contribution in [-0.4, -0.2) is 9.38 Å². The Morgan fingerprint density at radius 2 is 1.48 bits per heavy atom. The number of hydrogen-bond donors (Lipinski definition) is 0. The first-order chi connectivity index (χ1) is 11.6. The van der Waals surface area contributed by atoms with Crippen LogP contribution in [0, 0.1) is 0 Å². The average molecular weight is 358 g/mol. The molecular formula is C16H8F6N2O. The highest BCUT2D eigenvalue weighted by molar-refractivity contribution is 5.66. The molecule has 3 aromatic rings. The van der Waals surface area contributed by atoms with Crippen LogP contribution in [0.5, 0.6) is 0 Å². The van der Waals surface area contributed by atoms with Gasteiger partial charge in [-0.25, -0.2) is 4.98 Å². The fraction of sp³-hybridized carbons (Fsp3) is 0.125. The maximum absolute atomic E-state index is 13.4. The molecule has 0 unspecified atom stereocenters. The Morgan fingerprint density at radius 1 is 0.840 bits per heavy atom. The lowest BCUT2D eigenvalue weighted by molar-refractivity contribution is -0.138. The van der Waals surface area contributed by atoms with E-state index in [1.807, 2.05) is 0 Å². The van der Waals surface area contributed by atoms with Crippen molar-refractivity contribution in [2.45, 2.75) is 12.4 Å².